The molecule has 0 saturated carbocycles. The molecule has 0 aliphatic carbocycles. The molecule has 0 spiro atoms. The average molecular weight is 543 g/mol. The molecular formula is C28H26N6O4S. The summed E-state index contributed by atoms with van der Waals surface area (Å²) in [5, 5.41) is 18.2. The van der Waals surface area contributed by atoms with Gasteiger partial charge in [0, 0.05) is 48.4 Å². The van der Waals surface area contributed by atoms with Crippen molar-refractivity contribution >= 4 is 40.3 Å². The van der Waals surface area contributed by atoms with Gasteiger partial charge < -0.3 is 24.8 Å². The molecule has 2 N–H and O–H groups in total. The van der Waals surface area contributed by atoms with E-state index in [2.05, 4.69) is 15.6 Å². The molecule has 0 unspecified atom stereocenters. The van der Waals surface area contributed by atoms with Crippen molar-refractivity contribution in [3.63, 3.8) is 0 Å². The van der Waals surface area contributed by atoms with E-state index < -0.39 is 4.92 Å². The van der Waals surface area contributed by atoms with E-state index in [4.69, 9.17) is 17.0 Å². The molecule has 3 heterocycles. The van der Waals surface area contributed by atoms with Gasteiger partial charge in [0.1, 0.15) is 11.8 Å². The summed E-state index contributed by atoms with van der Waals surface area (Å²) in [6.07, 6.45) is 3.94. The number of pyridine rings is 1. The van der Waals surface area contributed by atoms with Gasteiger partial charge in [0.05, 0.1) is 35.1 Å². The highest BCUT2D eigenvalue weighted by atomic mass is 32.1. The van der Waals surface area contributed by atoms with Crippen LogP contribution >= 0.6 is 12.2 Å². The molecule has 4 aromatic rings. The Morgan fingerprint density at radius 2 is 1.97 bits per heavy atom. The van der Waals surface area contributed by atoms with Crippen LogP contribution in [-0.4, -0.2) is 32.6 Å². The van der Waals surface area contributed by atoms with Gasteiger partial charge in [-0.25, -0.2) is 0 Å². The lowest BCUT2D eigenvalue weighted by molar-refractivity contribution is -0.384. The number of methoxy groups -OCH3 is 1. The molecule has 2 atom stereocenters. The quantitative estimate of drug-likeness (QED) is 0.175. The second kappa shape index (κ2) is 10.9. The van der Waals surface area contributed by atoms with Crippen LogP contribution in [0.25, 0.3) is 5.69 Å². The minimum atomic E-state index is -0.410. The van der Waals surface area contributed by atoms with Gasteiger partial charge in [0.2, 0.25) is 5.91 Å². The Balaban J connectivity index is 1.64. The molecule has 0 radical (unpaired) electrons. The molecule has 10 nitrogen and oxygen atoms in total. The second-order valence-corrected chi connectivity index (χ2v) is 9.25. The number of benzene rings is 2. The molecule has 11 heteroatoms. The average Bonchev–Trinajstić information content (AvgIpc) is 3.58. The standard InChI is InChI=1S/C28H26N6O4S/c1-3-25(35)30-21-13-12-19(17-24(21)38-2)33-27(26(31-28(33)39)22-10-4-5-14-29-22)23-11-7-15-32(23)18-8-6-9-20(16-18)34(36)37/h4-17,26-27H,3H2,1-2H3,(H,30,35)(H,31,39)/t26-,27-/m1/s1. The van der Waals surface area contributed by atoms with Crippen molar-refractivity contribution in [2.24, 2.45) is 0 Å². The Bertz CT molecular complexity index is 1540. The molecule has 1 saturated heterocycles. The topological polar surface area (TPSA) is 115 Å². The molecule has 39 heavy (non-hydrogen) atoms. The van der Waals surface area contributed by atoms with E-state index in [-0.39, 0.29) is 23.7 Å². The zero-order chi connectivity index (χ0) is 27.5. The maximum absolute atomic E-state index is 12.0. The first-order chi connectivity index (χ1) is 18.9. The number of anilines is 2. The molecule has 1 fully saturated rings. The number of nitro groups is 1. The summed E-state index contributed by atoms with van der Waals surface area (Å²) in [5.74, 6) is 0.369. The van der Waals surface area contributed by atoms with E-state index in [0.717, 1.165) is 17.1 Å². The number of carbonyl (C=O) groups excluding carboxylic acids is 1. The first kappa shape index (κ1) is 25.9. The van der Waals surface area contributed by atoms with Crippen LogP contribution in [0, 0.1) is 10.1 Å². The zero-order valence-corrected chi connectivity index (χ0v) is 22.1. The third-order valence-electron chi connectivity index (χ3n) is 6.56. The van der Waals surface area contributed by atoms with E-state index in [0.29, 0.717) is 28.7 Å². The Labute approximate surface area is 230 Å². The number of aromatic nitrogens is 2. The molecular weight excluding hydrogens is 516 g/mol. The number of nitrogens with zero attached hydrogens (tertiary/aromatic N) is 4. The number of nitrogens with one attached hydrogen (secondary N) is 2. The van der Waals surface area contributed by atoms with Crippen molar-refractivity contribution in [3.8, 4) is 11.4 Å². The molecule has 2 aromatic heterocycles. The highest BCUT2D eigenvalue weighted by Gasteiger charge is 2.42. The van der Waals surface area contributed by atoms with Gasteiger partial charge in [-0.3, -0.25) is 19.9 Å². The Hall–Kier alpha value is -4.77. The van der Waals surface area contributed by atoms with Gasteiger partial charge in [-0.1, -0.05) is 19.1 Å². The number of thiocarbonyl (C=S) groups is 1. The molecule has 0 bridgehead atoms. The molecule has 1 aliphatic rings. The molecule has 1 amide bonds. The number of hydrogen-bond donors (Lipinski definition) is 2. The van der Waals surface area contributed by atoms with Gasteiger partial charge in [-0.2, -0.15) is 0 Å². The minimum Gasteiger partial charge on any atom is -0.494 e. The lowest BCUT2D eigenvalue weighted by Crippen LogP contribution is -2.30. The maximum Gasteiger partial charge on any atom is 0.271 e. The number of nitro benzene ring substituents is 1. The largest absolute Gasteiger partial charge is 0.494 e. The normalized spacial score (nSPS) is 16.6. The summed E-state index contributed by atoms with van der Waals surface area (Å²) >= 11 is 5.84. The van der Waals surface area contributed by atoms with Gasteiger partial charge in [0.25, 0.3) is 5.69 Å². The van der Waals surface area contributed by atoms with E-state index in [1.54, 1.807) is 38.4 Å². The summed E-state index contributed by atoms with van der Waals surface area (Å²) in [4.78, 5) is 29.7. The van der Waals surface area contributed by atoms with Crippen molar-refractivity contribution in [1.82, 2.24) is 14.9 Å². The number of rotatable bonds is 8. The highest BCUT2D eigenvalue weighted by molar-refractivity contribution is 7.80. The van der Waals surface area contributed by atoms with Crippen LogP contribution in [-0.2, 0) is 4.79 Å². The van der Waals surface area contributed by atoms with Crippen LogP contribution < -0.4 is 20.3 Å². The van der Waals surface area contributed by atoms with E-state index >= 15 is 0 Å². The maximum atomic E-state index is 12.0. The fourth-order valence-corrected chi connectivity index (χ4v) is 5.08. The summed E-state index contributed by atoms with van der Waals surface area (Å²) in [7, 11) is 1.54. The fourth-order valence-electron chi connectivity index (χ4n) is 4.73. The lowest BCUT2D eigenvalue weighted by atomic mass is 10.0. The number of ether oxygens (including phenoxy) is 1. The van der Waals surface area contributed by atoms with Gasteiger partial charge in [0.15, 0.2) is 5.11 Å². The first-order valence-corrected chi connectivity index (χ1v) is 12.7. The molecule has 198 valence electrons. The van der Waals surface area contributed by atoms with Crippen molar-refractivity contribution in [1.29, 1.82) is 0 Å². The summed E-state index contributed by atoms with van der Waals surface area (Å²) < 4.78 is 7.53. The van der Waals surface area contributed by atoms with Crippen LogP contribution in [0.5, 0.6) is 5.75 Å². The second-order valence-electron chi connectivity index (χ2n) is 8.86. The van der Waals surface area contributed by atoms with Crippen LogP contribution in [0.1, 0.15) is 36.8 Å². The molecule has 1 aliphatic heterocycles. The number of hydrogen-bond acceptors (Lipinski definition) is 6. The molecule has 2 aromatic carbocycles. The van der Waals surface area contributed by atoms with Gasteiger partial charge in [-0.15, -0.1) is 0 Å². The Morgan fingerprint density at radius 3 is 2.69 bits per heavy atom. The van der Waals surface area contributed by atoms with Crippen LogP contribution in [0.3, 0.4) is 0 Å². The van der Waals surface area contributed by atoms with Gasteiger partial charge in [-0.05, 0) is 54.7 Å². The Morgan fingerprint density at radius 1 is 1.13 bits per heavy atom. The molecule has 5 rings (SSSR count). The first-order valence-electron chi connectivity index (χ1n) is 12.3. The van der Waals surface area contributed by atoms with Crippen LogP contribution in [0.4, 0.5) is 17.1 Å². The van der Waals surface area contributed by atoms with Crippen molar-refractivity contribution in [2.75, 3.05) is 17.3 Å². The fraction of sp³-hybridized carbons (Fsp3) is 0.179. The van der Waals surface area contributed by atoms with Gasteiger partial charge >= 0.3 is 0 Å². The zero-order valence-electron chi connectivity index (χ0n) is 21.3. The van der Waals surface area contributed by atoms with E-state index in [1.807, 2.05) is 64.2 Å². The van der Waals surface area contributed by atoms with E-state index in [1.165, 1.54) is 6.07 Å². The minimum absolute atomic E-state index is 0.000184. The SMILES string of the molecule is CCC(=O)Nc1ccc(N2C(=S)N[C@H](c3ccccn3)[C@H]2c2cccn2-c2cccc([N+](=O)[O-])c2)cc1OC. The van der Waals surface area contributed by atoms with Crippen LogP contribution in [0.2, 0.25) is 0 Å². The third kappa shape index (κ3) is 5.04. The lowest BCUT2D eigenvalue weighted by Gasteiger charge is -2.29. The third-order valence-corrected chi connectivity index (χ3v) is 6.87. The summed E-state index contributed by atoms with van der Waals surface area (Å²) in [6.45, 7) is 1.78. The monoisotopic (exact) mass is 542 g/mol. The van der Waals surface area contributed by atoms with Crippen molar-refractivity contribution < 1.29 is 14.5 Å². The van der Waals surface area contributed by atoms with Crippen molar-refractivity contribution in [2.45, 2.75) is 25.4 Å². The van der Waals surface area contributed by atoms with Crippen molar-refractivity contribution in [3.05, 3.63) is 107 Å². The number of non-ortho nitro benzene ring substituents is 1. The smallest absolute Gasteiger partial charge is 0.271 e. The highest BCUT2D eigenvalue weighted by Crippen LogP contribution is 2.44. The summed E-state index contributed by atoms with van der Waals surface area (Å²) in [6, 6.07) is 20.8. The Kier molecular flexibility index (Phi) is 7.24. The number of amides is 1. The number of carbonyl (C=O) groups is 1. The predicted octanol–water partition coefficient (Wildman–Crippen LogP) is 5.31. The van der Waals surface area contributed by atoms with Crippen LogP contribution in [0.15, 0.2) is 85.2 Å². The van der Waals surface area contributed by atoms with E-state index in [9.17, 15) is 14.9 Å². The predicted molar refractivity (Wildman–Crippen MR) is 152 cm³/mol. The summed E-state index contributed by atoms with van der Waals surface area (Å²) in [5.41, 5.74) is 3.59.